The standard InChI is InChI=1S/C34H52O8/c1-26(21-22-32(41-24-38-6)28(3)18-14-16-27(2)23-35)15-10-9-11-17-29(4)33(42-25-39-7)31(34(37)40-8)20-13-12-19-30(5)36/h11,15-17,20-23,28-30,32-33,36H,12-14,18-19,24-25H2,1-8H3/b17-11+,22-21+,26-15+,27-16+,31-20-/t28-,29-,30+,32-,33+/m0/s1. The molecule has 0 unspecified atom stereocenters. The van der Waals surface area contributed by atoms with Gasteiger partial charge in [-0.15, -0.1) is 0 Å². The maximum atomic E-state index is 12.5. The summed E-state index contributed by atoms with van der Waals surface area (Å²) >= 11 is 0. The topological polar surface area (TPSA) is 101 Å². The number of ether oxygens (including phenoxy) is 5. The normalized spacial score (nSPS) is 16.5. The lowest BCUT2D eigenvalue weighted by molar-refractivity contribution is -0.139. The van der Waals surface area contributed by atoms with E-state index in [4.69, 9.17) is 23.7 Å². The third-order valence-corrected chi connectivity index (χ3v) is 6.39. The van der Waals surface area contributed by atoms with Crippen LogP contribution in [0.25, 0.3) is 0 Å². The van der Waals surface area contributed by atoms with E-state index in [1.807, 2.05) is 50.3 Å². The fourth-order valence-electron chi connectivity index (χ4n) is 3.91. The molecule has 0 spiro atoms. The van der Waals surface area contributed by atoms with E-state index in [0.717, 1.165) is 36.7 Å². The van der Waals surface area contributed by atoms with Gasteiger partial charge in [-0.2, -0.15) is 0 Å². The first-order valence-corrected chi connectivity index (χ1v) is 14.4. The monoisotopic (exact) mass is 588 g/mol. The Morgan fingerprint density at radius 3 is 2.19 bits per heavy atom. The average Bonchev–Trinajstić information content (AvgIpc) is 2.97. The summed E-state index contributed by atoms with van der Waals surface area (Å²) in [5.74, 6) is 5.63. The number of carbonyl (C=O) groups excluding carboxylic acids is 2. The number of methoxy groups -OCH3 is 3. The van der Waals surface area contributed by atoms with Crippen LogP contribution in [0.4, 0.5) is 0 Å². The first kappa shape index (κ1) is 39.2. The summed E-state index contributed by atoms with van der Waals surface area (Å²) < 4.78 is 26.9. The minimum Gasteiger partial charge on any atom is -0.466 e. The van der Waals surface area contributed by atoms with Crippen LogP contribution in [0.5, 0.6) is 0 Å². The number of carbonyl (C=O) groups is 2. The van der Waals surface area contributed by atoms with Crippen molar-refractivity contribution in [2.24, 2.45) is 11.8 Å². The molecule has 0 radical (unpaired) electrons. The maximum absolute atomic E-state index is 12.5. The smallest absolute Gasteiger partial charge is 0.336 e. The Morgan fingerprint density at radius 2 is 1.57 bits per heavy atom. The van der Waals surface area contributed by atoms with Crippen molar-refractivity contribution in [2.75, 3.05) is 34.9 Å². The fraction of sp³-hybridized carbons (Fsp3) is 0.588. The average molecular weight is 589 g/mol. The van der Waals surface area contributed by atoms with Gasteiger partial charge in [-0.3, -0.25) is 4.79 Å². The molecule has 1 N–H and O–H groups in total. The van der Waals surface area contributed by atoms with E-state index in [9.17, 15) is 14.7 Å². The Morgan fingerprint density at radius 1 is 0.881 bits per heavy atom. The zero-order valence-electron chi connectivity index (χ0n) is 26.8. The molecule has 8 heteroatoms. The zero-order chi connectivity index (χ0) is 31.8. The third kappa shape index (κ3) is 18.6. The molecule has 42 heavy (non-hydrogen) atoms. The molecule has 236 valence electrons. The predicted molar refractivity (Wildman–Crippen MR) is 166 cm³/mol. The van der Waals surface area contributed by atoms with Gasteiger partial charge in [0.05, 0.1) is 31.0 Å². The number of allylic oxidation sites excluding steroid dienone is 7. The van der Waals surface area contributed by atoms with Gasteiger partial charge in [0, 0.05) is 20.1 Å². The van der Waals surface area contributed by atoms with Crippen LogP contribution in [0.2, 0.25) is 0 Å². The lowest BCUT2D eigenvalue weighted by Crippen LogP contribution is -2.29. The minimum absolute atomic E-state index is 0.0214. The van der Waals surface area contributed by atoms with Crippen LogP contribution in [0.15, 0.2) is 59.3 Å². The van der Waals surface area contributed by atoms with Gasteiger partial charge in [-0.05, 0) is 82.1 Å². The molecule has 0 aliphatic heterocycles. The molecule has 8 nitrogen and oxygen atoms in total. The summed E-state index contributed by atoms with van der Waals surface area (Å²) in [6.07, 6.45) is 16.6. The quantitative estimate of drug-likeness (QED) is 0.0338. The van der Waals surface area contributed by atoms with Gasteiger partial charge in [0.25, 0.3) is 0 Å². The van der Waals surface area contributed by atoms with E-state index in [0.29, 0.717) is 18.4 Å². The second kappa shape index (κ2) is 24.8. The molecule has 0 saturated heterocycles. The van der Waals surface area contributed by atoms with Crippen LogP contribution >= 0.6 is 0 Å². The molecule has 0 saturated carbocycles. The fourth-order valence-corrected chi connectivity index (χ4v) is 3.91. The van der Waals surface area contributed by atoms with Crippen LogP contribution in [0.3, 0.4) is 0 Å². The first-order valence-electron chi connectivity index (χ1n) is 14.4. The van der Waals surface area contributed by atoms with E-state index in [1.165, 1.54) is 14.2 Å². The highest BCUT2D eigenvalue weighted by Gasteiger charge is 2.26. The van der Waals surface area contributed by atoms with Gasteiger partial charge < -0.3 is 28.8 Å². The molecule has 0 aliphatic carbocycles. The van der Waals surface area contributed by atoms with Crippen molar-refractivity contribution in [2.45, 2.75) is 85.0 Å². The Bertz CT molecular complexity index is 977. The Kier molecular flexibility index (Phi) is 23.1. The molecule has 0 aromatic rings. The highest BCUT2D eigenvalue weighted by Crippen LogP contribution is 2.21. The van der Waals surface area contributed by atoms with E-state index < -0.39 is 18.2 Å². The number of aldehydes is 1. The predicted octanol–water partition coefficient (Wildman–Crippen LogP) is 5.87. The molecule has 0 rings (SSSR count). The van der Waals surface area contributed by atoms with Crippen molar-refractivity contribution < 1.29 is 38.4 Å². The van der Waals surface area contributed by atoms with E-state index >= 15 is 0 Å². The Balaban J connectivity index is 5.49. The van der Waals surface area contributed by atoms with Crippen molar-refractivity contribution in [1.82, 2.24) is 0 Å². The van der Waals surface area contributed by atoms with Crippen LogP contribution in [-0.4, -0.2) is 70.6 Å². The maximum Gasteiger partial charge on any atom is 0.336 e. The molecule has 0 bridgehead atoms. The number of aliphatic hydroxyl groups is 1. The van der Waals surface area contributed by atoms with Crippen molar-refractivity contribution in [3.05, 3.63) is 59.3 Å². The molecular formula is C34H52O8. The summed E-state index contributed by atoms with van der Waals surface area (Å²) in [6, 6.07) is 0. The summed E-state index contributed by atoms with van der Waals surface area (Å²) in [5, 5.41) is 9.52. The van der Waals surface area contributed by atoms with Crippen molar-refractivity contribution in [1.29, 1.82) is 0 Å². The summed E-state index contributed by atoms with van der Waals surface area (Å²) in [4.78, 5) is 23.4. The Labute approximate surface area is 253 Å². The van der Waals surface area contributed by atoms with Gasteiger partial charge in [-0.1, -0.05) is 56.1 Å². The number of unbranched alkanes of at least 4 members (excludes halogenated alkanes) is 1. The molecular weight excluding hydrogens is 536 g/mol. The van der Waals surface area contributed by atoms with Gasteiger partial charge >= 0.3 is 5.97 Å². The lowest BCUT2D eigenvalue weighted by atomic mass is 9.95. The molecule has 0 aromatic carbocycles. The summed E-state index contributed by atoms with van der Waals surface area (Å²) in [5.41, 5.74) is 2.11. The van der Waals surface area contributed by atoms with Crippen molar-refractivity contribution >= 4 is 12.3 Å². The van der Waals surface area contributed by atoms with E-state index in [2.05, 4.69) is 18.8 Å². The molecule has 0 fully saturated rings. The second-order valence-electron chi connectivity index (χ2n) is 10.3. The highest BCUT2D eigenvalue weighted by molar-refractivity contribution is 5.89. The molecule has 0 aromatic heterocycles. The van der Waals surface area contributed by atoms with Crippen LogP contribution in [0, 0.1) is 23.7 Å². The van der Waals surface area contributed by atoms with E-state index in [-0.39, 0.29) is 31.5 Å². The molecule has 0 aliphatic rings. The zero-order valence-corrected chi connectivity index (χ0v) is 26.8. The second-order valence-corrected chi connectivity index (χ2v) is 10.3. The first-order chi connectivity index (χ1) is 20.1. The molecule has 0 heterocycles. The van der Waals surface area contributed by atoms with Crippen LogP contribution in [-0.2, 0) is 33.3 Å². The molecule has 0 amide bonds. The van der Waals surface area contributed by atoms with Crippen LogP contribution < -0.4 is 0 Å². The van der Waals surface area contributed by atoms with Gasteiger partial charge in [0.2, 0.25) is 0 Å². The van der Waals surface area contributed by atoms with E-state index in [1.54, 1.807) is 27.0 Å². The van der Waals surface area contributed by atoms with Crippen LogP contribution in [0.1, 0.15) is 66.7 Å². The van der Waals surface area contributed by atoms with Crippen molar-refractivity contribution in [3.63, 3.8) is 0 Å². The highest BCUT2D eigenvalue weighted by atomic mass is 16.7. The number of hydrogen-bond acceptors (Lipinski definition) is 8. The number of rotatable bonds is 21. The number of aliphatic hydroxyl groups excluding tert-OH is 1. The number of esters is 1. The minimum atomic E-state index is -0.578. The van der Waals surface area contributed by atoms with Gasteiger partial charge in [-0.25, -0.2) is 4.79 Å². The lowest BCUT2D eigenvalue weighted by Gasteiger charge is -2.23. The number of hydrogen-bond donors (Lipinski definition) is 1. The van der Waals surface area contributed by atoms with Crippen molar-refractivity contribution in [3.8, 4) is 11.8 Å². The van der Waals surface area contributed by atoms with Gasteiger partial charge in [0.15, 0.2) is 0 Å². The largest absolute Gasteiger partial charge is 0.466 e. The van der Waals surface area contributed by atoms with Gasteiger partial charge in [0.1, 0.15) is 19.9 Å². The molecule has 5 atom stereocenters. The summed E-state index contributed by atoms with van der Waals surface area (Å²) in [7, 11) is 4.46. The Hall–Kier alpha value is -2.80. The summed E-state index contributed by atoms with van der Waals surface area (Å²) in [6.45, 7) is 9.77. The SMILES string of the molecule is COCO[C@@H](/C=C/C(C)=C/C#C/C=C/[C@H](C)[C@@H](OCOC)/C(=C/CCC[C@@H](C)O)C(=O)OC)[C@@H](C)CC/C=C(\C)C=O. The third-order valence-electron chi connectivity index (χ3n) is 6.39.